The smallest absolute Gasteiger partial charge is 0.408 e. The first-order chi connectivity index (χ1) is 15.0. The van der Waals surface area contributed by atoms with Crippen LogP contribution < -0.4 is 11.1 Å². The number of hydrogen-bond donors (Lipinski definition) is 1. The summed E-state index contributed by atoms with van der Waals surface area (Å²) in [5, 5.41) is 2.83. The van der Waals surface area contributed by atoms with Gasteiger partial charge in [-0.15, -0.1) is 0 Å². The maximum absolute atomic E-state index is 12.7. The number of anilines is 1. The first-order valence-electron chi connectivity index (χ1n) is 10.3. The number of nitrogens with zero attached hydrogens (tertiary/aromatic N) is 3. The standard InChI is InChI=1S/C22H23BrN4O4/c23-16-9-10-19(24-13-16)25-21(29)15-5-3-11-26(14-15)20(28)8-4-12-27-17-6-1-2-7-18(17)31-22(27)30/h1-2,6-7,9-10,13,15H,3-5,8,11-12,14H2,(H,24,25,29). The van der Waals surface area contributed by atoms with Crippen molar-refractivity contribution in [1.82, 2.24) is 14.5 Å². The molecule has 0 spiro atoms. The summed E-state index contributed by atoms with van der Waals surface area (Å²) in [6.45, 7) is 1.46. The molecule has 162 valence electrons. The zero-order valence-electron chi connectivity index (χ0n) is 16.9. The van der Waals surface area contributed by atoms with Crippen LogP contribution in [0.5, 0.6) is 0 Å². The zero-order chi connectivity index (χ0) is 21.8. The third kappa shape index (κ3) is 5.04. The SMILES string of the molecule is O=C(Nc1ccc(Br)cn1)C1CCCN(C(=O)CCCn2c(=O)oc3ccccc32)C1. The summed E-state index contributed by atoms with van der Waals surface area (Å²) < 4.78 is 7.62. The molecule has 9 heteroatoms. The fourth-order valence-electron chi connectivity index (χ4n) is 3.87. The Labute approximate surface area is 187 Å². The first kappa shape index (κ1) is 21.3. The number of likely N-dealkylation sites (tertiary alicyclic amines) is 1. The van der Waals surface area contributed by atoms with Crippen LogP contribution in [-0.2, 0) is 16.1 Å². The molecule has 1 atom stereocenters. The second kappa shape index (κ2) is 9.47. The number of carbonyl (C=O) groups excluding carboxylic acids is 2. The lowest BCUT2D eigenvalue weighted by Gasteiger charge is -2.32. The van der Waals surface area contributed by atoms with Gasteiger partial charge < -0.3 is 14.6 Å². The van der Waals surface area contributed by atoms with Gasteiger partial charge in [-0.25, -0.2) is 9.78 Å². The molecule has 3 heterocycles. The average molecular weight is 487 g/mol. The number of benzene rings is 1. The molecular weight excluding hydrogens is 464 g/mol. The van der Waals surface area contributed by atoms with E-state index in [-0.39, 0.29) is 17.7 Å². The number of nitrogens with one attached hydrogen (secondary N) is 1. The van der Waals surface area contributed by atoms with E-state index in [0.29, 0.717) is 43.9 Å². The molecule has 1 fully saturated rings. The molecule has 2 amide bonds. The summed E-state index contributed by atoms with van der Waals surface area (Å²) in [6.07, 6.45) is 3.99. The number of oxazole rings is 1. The van der Waals surface area contributed by atoms with Crippen molar-refractivity contribution in [2.45, 2.75) is 32.2 Å². The van der Waals surface area contributed by atoms with Crippen molar-refractivity contribution in [2.75, 3.05) is 18.4 Å². The number of hydrogen-bond acceptors (Lipinski definition) is 5. The van der Waals surface area contributed by atoms with Gasteiger partial charge >= 0.3 is 5.76 Å². The molecule has 1 saturated heterocycles. The number of halogens is 1. The third-order valence-electron chi connectivity index (χ3n) is 5.47. The Morgan fingerprint density at radius 3 is 2.87 bits per heavy atom. The fraction of sp³-hybridized carbons (Fsp3) is 0.364. The third-order valence-corrected chi connectivity index (χ3v) is 5.94. The number of pyridine rings is 1. The van der Waals surface area contributed by atoms with E-state index in [1.807, 2.05) is 24.3 Å². The maximum Gasteiger partial charge on any atom is 0.419 e. The van der Waals surface area contributed by atoms with Crippen molar-refractivity contribution in [1.29, 1.82) is 0 Å². The second-order valence-corrected chi connectivity index (χ2v) is 8.54. The number of rotatable bonds is 6. The number of amides is 2. The Bertz CT molecular complexity index is 1140. The second-order valence-electron chi connectivity index (χ2n) is 7.62. The largest absolute Gasteiger partial charge is 0.419 e. The zero-order valence-corrected chi connectivity index (χ0v) is 18.5. The number of fused-ring (bicyclic) bond motifs is 1. The fourth-order valence-corrected chi connectivity index (χ4v) is 4.10. The van der Waals surface area contributed by atoms with Crippen LogP contribution in [0.1, 0.15) is 25.7 Å². The highest BCUT2D eigenvalue weighted by molar-refractivity contribution is 9.10. The predicted octanol–water partition coefficient (Wildman–Crippen LogP) is 3.41. The van der Waals surface area contributed by atoms with Gasteiger partial charge in [-0.3, -0.25) is 14.2 Å². The molecule has 3 aromatic rings. The highest BCUT2D eigenvalue weighted by Gasteiger charge is 2.28. The van der Waals surface area contributed by atoms with Crippen LogP contribution in [0.15, 0.2) is 56.3 Å². The quantitative estimate of drug-likeness (QED) is 0.575. The van der Waals surface area contributed by atoms with Crippen LogP contribution in [0.2, 0.25) is 0 Å². The minimum Gasteiger partial charge on any atom is -0.408 e. The van der Waals surface area contributed by atoms with E-state index in [0.717, 1.165) is 22.8 Å². The van der Waals surface area contributed by atoms with Gasteiger partial charge in [0.1, 0.15) is 5.82 Å². The maximum atomic E-state index is 12.7. The van der Waals surface area contributed by atoms with Gasteiger partial charge in [0.2, 0.25) is 11.8 Å². The molecule has 31 heavy (non-hydrogen) atoms. The summed E-state index contributed by atoms with van der Waals surface area (Å²) in [5.41, 5.74) is 1.28. The van der Waals surface area contributed by atoms with Crippen LogP contribution in [0.25, 0.3) is 11.1 Å². The molecule has 1 aliphatic rings. The van der Waals surface area contributed by atoms with Gasteiger partial charge in [0.25, 0.3) is 0 Å². The highest BCUT2D eigenvalue weighted by atomic mass is 79.9. The van der Waals surface area contributed by atoms with E-state index >= 15 is 0 Å². The molecule has 0 saturated carbocycles. The number of piperidine rings is 1. The molecule has 1 aromatic carbocycles. The highest BCUT2D eigenvalue weighted by Crippen LogP contribution is 2.20. The van der Waals surface area contributed by atoms with E-state index in [2.05, 4.69) is 26.2 Å². The number of para-hydroxylation sites is 2. The van der Waals surface area contributed by atoms with Crippen molar-refractivity contribution >= 4 is 44.7 Å². The first-order valence-corrected chi connectivity index (χ1v) is 11.1. The van der Waals surface area contributed by atoms with Gasteiger partial charge in [0, 0.05) is 36.7 Å². The molecule has 4 rings (SSSR count). The summed E-state index contributed by atoms with van der Waals surface area (Å²) in [4.78, 5) is 43.3. The Kier molecular flexibility index (Phi) is 6.50. The van der Waals surface area contributed by atoms with Crippen LogP contribution in [0, 0.1) is 5.92 Å². The van der Waals surface area contributed by atoms with Crippen molar-refractivity contribution < 1.29 is 14.0 Å². The van der Waals surface area contributed by atoms with E-state index < -0.39 is 5.76 Å². The Morgan fingerprint density at radius 2 is 2.06 bits per heavy atom. The van der Waals surface area contributed by atoms with Crippen LogP contribution >= 0.6 is 15.9 Å². The number of carbonyl (C=O) groups is 2. The lowest BCUT2D eigenvalue weighted by Crippen LogP contribution is -2.43. The van der Waals surface area contributed by atoms with Crippen LogP contribution in [-0.4, -0.2) is 39.4 Å². The van der Waals surface area contributed by atoms with E-state index in [1.165, 1.54) is 0 Å². The van der Waals surface area contributed by atoms with Gasteiger partial charge in [0.05, 0.1) is 11.4 Å². The number of aryl methyl sites for hydroxylation is 1. The molecule has 1 N–H and O–H groups in total. The van der Waals surface area contributed by atoms with E-state index in [4.69, 9.17) is 4.42 Å². The molecule has 2 aromatic heterocycles. The molecule has 1 aliphatic heterocycles. The molecule has 8 nitrogen and oxygen atoms in total. The minimum absolute atomic E-state index is 0.000108. The summed E-state index contributed by atoms with van der Waals surface area (Å²) in [5.74, 6) is -0.299. The average Bonchev–Trinajstić information content (AvgIpc) is 3.10. The molecule has 1 unspecified atom stereocenters. The van der Waals surface area contributed by atoms with Crippen molar-refractivity contribution in [3.63, 3.8) is 0 Å². The predicted molar refractivity (Wildman–Crippen MR) is 120 cm³/mol. The minimum atomic E-state index is -0.412. The lowest BCUT2D eigenvalue weighted by atomic mass is 9.96. The Balaban J connectivity index is 1.30. The normalized spacial score (nSPS) is 16.4. The Hall–Kier alpha value is -2.94. The monoisotopic (exact) mass is 486 g/mol. The van der Waals surface area contributed by atoms with Crippen LogP contribution in [0.3, 0.4) is 0 Å². The number of aromatic nitrogens is 2. The topological polar surface area (TPSA) is 97.4 Å². The summed E-state index contributed by atoms with van der Waals surface area (Å²) >= 11 is 3.32. The summed E-state index contributed by atoms with van der Waals surface area (Å²) in [6, 6.07) is 10.8. The Morgan fingerprint density at radius 1 is 1.23 bits per heavy atom. The van der Waals surface area contributed by atoms with Crippen LogP contribution in [0.4, 0.5) is 5.82 Å². The lowest BCUT2D eigenvalue weighted by molar-refractivity contribution is -0.134. The van der Waals surface area contributed by atoms with Crippen molar-refractivity contribution in [3.8, 4) is 0 Å². The van der Waals surface area contributed by atoms with Gasteiger partial charge in [-0.05, 0) is 59.5 Å². The van der Waals surface area contributed by atoms with Crippen molar-refractivity contribution in [2.24, 2.45) is 5.92 Å². The van der Waals surface area contributed by atoms with Gasteiger partial charge in [-0.2, -0.15) is 0 Å². The van der Waals surface area contributed by atoms with E-state index in [9.17, 15) is 14.4 Å². The van der Waals surface area contributed by atoms with Crippen molar-refractivity contribution in [3.05, 3.63) is 57.6 Å². The molecular formula is C22H23BrN4O4. The van der Waals surface area contributed by atoms with Gasteiger partial charge in [-0.1, -0.05) is 12.1 Å². The molecule has 0 aliphatic carbocycles. The molecule has 0 bridgehead atoms. The summed E-state index contributed by atoms with van der Waals surface area (Å²) in [7, 11) is 0. The van der Waals surface area contributed by atoms with Gasteiger partial charge in [0.15, 0.2) is 5.58 Å². The van der Waals surface area contributed by atoms with E-state index in [1.54, 1.807) is 27.8 Å². The molecule has 0 radical (unpaired) electrons.